The van der Waals surface area contributed by atoms with Gasteiger partial charge in [-0.3, -0.25) is 9.59 Å². The maximum atomic E-state index is 13.3. The van der Waals surface area contributed by atoms with E-state index >= 15 is 0 Å². The summed E-state index contributed by atoms with van der Waals surface area (Å²) in [6, 6.07) is 10.1. The van der Waals surface area contributed by atoms with Crippen LogP contribution in [0.3, 0.4) is 0 Å². The maximum absolute atomic E-state index is 13.3. The highest BCUT2D eigenvalue weighted by molar-refractivity contribution is 7.89. The lowest BCUT2D eigenvalue weighted by Crippen LogP contribution is -2.46. The first-order valence-electron chi connectivity index (χ1n) is 9.58. The van der Waals surface area contributed by atoms with Crippen LogP contribution in [0.5, 0.6) is 0 Å². The number of imide groups is 1. The van der Waals surface area contributed by atoms with Crippen LogP contribution in [0.2, 0.25) is 5.02 Å². The predicted molar refractivity (Wildman–Crippen MR) is 112 cm³/mol. The standard InChI is InChI=1S/C21H19ClN2O6S/c1-30-21(27)13-2-6-15(7-3-13)23-19(25)12-18(20(23)26)24(16-8-9-16)31(28,29)17-10-4-14(22)5-11-17/h2-7,10-11,16,18H,8-9,12H2,1H3. The molecule has 2 aromatic carbocycles. The molecule has 0 radical (unpaired) electrons. The Morgan fingerprint density at radius 2 is 1.68 bits per heavy atom. The second-order valence-electron chi connectivity index (χ2n) is 7.35. The molecular formula is C21H19ClN2O6S. The topological polar surface area (TPSA) is 101 Å². The van der Waals surface area contributed by atoms with Crippen LogP contribution in [0, 0.1) is 0 Å². The summed E-state index contributed by atoms with van der Waals surface area (Å²) in [6.45, 7) is 0. The molecule has 0 spiro atoms. The van der Waals surface area contributed by atoms with E-state index < -0.39 is 33.8 Å². The average molecular weight is 463 g/mol. The molecule has 162 valence electrons. The lowest BCUT2D eigenvalue weighted by molar-refractivity contribution is -0.122. The molecule has 8 nitrogen and oxygen atoms in total. The minimum Gasteiger partial charge on any atom is -0.465 e. The molecular weight excluding hydrogens is 444 g/mol. The van der Waals surface area contributed by atoms with Crippen LogP contribution in [0.15, 0.2) is 53.4 Å². The number of sulfonamides is 1. The molecule has 2 fully saturated rings. The second-order valence-corrected chi connectivity index (χ2v) is 9.63. The third-order valence-corrected chi connectivity index (χ3v) is 7.50. The van der Waals surface area contributed by atoms with Crippen LogP contribution in [0.4, 0.5) is 5.69 Å². The van der Waals surface area contributed by atoms with Crippen molar-refractivity contribution in [3.8, 4) is 0 Å². The number of amides is 2. The number of hydrogen-bond donors (Lipinski definition) is 0. The molecule has 2 amide bonds. The SMILES string of the molecule is COC(=O)c1ccc(N2C(=O)CC(N(C3CC3)S(=O)(=O)c3ccc(Cl)cc3)C2=O)cc1. The first kappa shape index (κ1) is 21.5. The number of halogens is 1. The third kappa shape index (κ3) is 3.96. The van der Waals surface area contributed by atoms with Crippen molar-refractivity contribution in [1.29, 1.82) is 0 Å². The van der Waals surface area contributed by atoms with E-state index in [0.29, 0.717) is 17.9 Å². The predicted octanol–water partition coefficient (Wildman–Crippen LogP) is 2.61. The fraction of sp³-hybridized carbons (Fsp3) is 0.286. The summed E-state index contributed by atoms with van der Waals surface area (Å²) in [7, 11) is -2.76. The van der Waals surface area contributed by atoms with Crippen molar-refractivity contribution < 1.29 is 27.5 Å². The van der Waals surface area contributed by atoms with Crippen LogP contribution in [-0.2, 0) is 24.3 Å². The number of anilines is 1. The normalized spacial score (nSPS) is 19.2. The van der Waals surface area contributed by atoms with Gasteiger partial charge < -0.3 is 4.74 Å². The highest BCUT2D eigenvalue weighted by Gasteiger charge is 2.51. The van der Waals surface area contributed by atoms with Gasteiger partial charge in [-0.1, -0.05) is 11.6 Å². The molecule has 1 atom stereocenters. The first-order chi connectivity index (χ1) is 14.7. The number of hydrogen-bond acceptors (Lipinski definition) is 6. The number of methoxy groups -OCH3 is 1. The summed E-state index contributed by atoms with van der Waals surface area (Å²) < 4.78 is 32.4. The van der Waals surface area contributed by atoms with Crippen molar-refractivity contribution in [2.45, 2.75) is 36.2 Å². The fourth-order valence-electron chi connectivity index (χ4n) is 3.63. The van der Waals surface area contributed by atoms with Gasteiger partial charge in [-0.25, -0.2) is 18.1 Å². The summed E-state index contributed by atoms with van der Waals surface area (Å²) in [5, 5.41) is 0.394. The first-order valence-corrected chi connectivity index (χ1v) is 11.4. The largest absolute Gasteiger partial charge is 0.465 e. The number of nitrogens with zero attached hydrogens (tertiary/aromatic N) is 2. The molecule has 1 saturated heterocycles. The second kappa shape index (κ2) is 8.07. The van der Waals surface area contributed by atoms with Gasteiger partial charge in [0, 0.05) is 11.1 Å². The molecule has 0 aromatic heterocycles. The minimum absolute atomic E-state index is 0.0185. The molecule has 2 aromatic rings. The Balaban J connectivity index is 1.65. The zero-order valence-corrected chi connectivity index (χ0v) is 18.1. The number of benzene rings is 2. The molecule has 1 saturated carbocycles. The zero-order valence-electron chi connectivity index (χ0n) is 16.5. The van der Waals surface area contributed by atoms with Crippen molar-refractivity contribution in [1.82, 2.24) is 4.31 Å². The Morgan fingerprint density at radius 1 is 1.06 bits per heavy atom. The molecule has 31 heavy (non-hydrogen) atoms. The maximum Gasteiger partial charge on any atom is 0.337 e. The van der Waals surface area contributed by atoms with Gasteiger partial charge in [0.1, 0.15) is 6.04 Å². The number of carbonyl (C=O) groups is 3. The Kier molecular flexibility index (Phi) is 5.59. The molecule has 2 aliphatic rings. The van der Waals surface area contributed by atoms with E-state index in [0.717, 1.165) is 4.90 Å². The summed E-state index contributed by atoms with van der Waals surface area (Å²) in [6.07, 6.45) is 0.998. The van der Waals surface area contributed by atoms with E-state index in [4.69, 9.17) is 11.6 Å². The van der Waals surface area contributed by atoms with Gasteiger partial charge in [-0.05, 0) is 61.4 Å². The number of rotatable bonds is 6. The summed E-state index contributed by atoms with van der Waals surface area (Å²) in [4.78, 5) is 38.5. The van der Waals surface area contributed by atoms with E-state index in [-0.39, 0.29) is 28.6 Å². The van der Waals surface area contributed by atoms with E-state index in [9.17, 15) is 22.8 Å². The van der Waals surface area contributed by atoms with Gasteiger partial charge in [0.25, 0.3) is 5.91 Å². The fourth-order valence-corrected chi connectivity index (χ4v) is 5.58. The van der Waals surface area contributed by atoms with Crippen molar-refractivity contribution in [3.63, 3.8) is 0 Å². The molecule has 1 aliphatic carbocycles. The lowest BCUT2D eigenvalue weighted by atomic mass is 10.2. The molecule has 0 bridgehead atoms. The zero-order chi connectivity index (χ0) is 22.3. The van der Waals surface area contributed by atoms with Crippen molar-refractivity contribution in [2.75, 3.05) is 12.0 Å². The van der Waals surface area contributed by atoms with Gasteiger partial charge >= 0.3 is 5.97 Å². The van der Waals surface area contributed by atoms with Crippen LogP contribution < -0.4 is 4.90 Å². The molecule has 1 aliphatic heterocycles. The quantitative estimate of drug-likeness (QED) is 0.483. The van der Waals surface area contributed by atoms with Gasteiger partial charge in [0.15, 0.2) is 0 Å². The highest BCUT2D eigenvalue weighted by atomic mass is 35.5. The monoisotopic (exact) mass is 462 g/mol. The van der Waals surface area contributed by atoms with Crippen LogP contribution >= 0.6 is 11.6 Å². The van der Waals surface area contributed by atoms with Gasteiger partial charge in [-0.2, -0.15) is 4.31 Å². The summed E-state index contributed by atoms with van der Waals surface area (Å²) >= 11 is 5.87. The molecule has 1 unspecified atom stereocenters. The van der Waals surface area contributed by atoms with E-state index in [1.54, 1.807) is 0 Å². The van der Waals surface area contributed by atoms with Crippen LogP contribution in [0.25, 0.3) is 0 Å². The molecule has 1 heterocycles. The van der Waals surface area contributed by atoms with Crippen LogP contribution in [0.1, 0.15) is 29.6 Å². The molecule has 10 heteroatoms. The summed E-state index contributed by atoms with van der Waals surface area (Å²) in [5.41, 5.74) is 0.539. The summed E-state index contributed by atoms with van der Waals surface area (Å²) in [5.74, 6) is -1.66. The number of carbonyl (C=O) groups excluding carboxylic acids is 3. The van der Waals surface area contributed by atoms with Gasteiger partial charge in [0.2, 0.25) is 15.9 Å². The minimum atomic E-state index is -4.01. The lowest BCUT2D eigenvalue weighted by Gasteiger charge is -2.26. The molecule has 0 N–H and O–H groups in total. The van der Waals surface area contributed by atoms with E-state index in [1.165, 1.54) is 59.9 Å². The van der Waals surface area contributed by atoms with Crippen molar-refractivity contribution in [2.24, 2.45) is 0 Å². The highest BCUT2D eigenvalue weighted by Crippen LogP contribution is 2.38. The number of esters is 1. The Labute approximate surface area is 184 Å². The third-order valence-electron chi connectivity index (χ3n) is 5.27. The van der Waals surface area contributed by atoms with Crippen molar-refractivity contribution in [3.05, 3.63) is 59.1 Å². The van der Waals surface area contributed by atoms with Gasteiger partial charge in [0.05, 0.1) is 29.7 Å². The van der Waals surface area contributed by atoms with E-state index in [2.05, 4.69) is 4.74 Å². The Morgan fingerprint density at radius 3 is 2.23 bits per heavy atom. The molecule has 4 rings (SSSR count). The van der Waals surface area contributed by atoms with Crippen LogP contribution in [-0.4, -0.2) is 49.7 Å². The van der Waals surface area contributed by atoms with Crippen molar-refractivity contribution >= 4 is 45.1 Å². The average Bonchev–Trinajstić information content (AvgIpc) is 3.53. The number of ether oxygens (including phenoxy) is 1. The van der Waals surface area contributed by atoms with E-state index in [1.807, 2.05) is 0 Å². The van der Waals surface area contributed by atoms with Gasteiger partial charge in [-0.15, -0.1) is 0 Å². The smallest absolute Gasteiger partial charge is 0.337 e. The Bertz CT molecular complexity index is 1140. The Hall–Kier alpha value is -2.75.